The molecule has 0 bridgehead atoms. The van der Waals surface area contributed by atoms with Gasteiger partial charge in [0.25, 0.3) is 0 Å². The van der Waals surface area contributed by atoms with Crippen LogP contribution in [0.2, 0.25) is 0 Å². The van der Waals surface area contributed by atoms with Crippen molar-refractivity contribution in [1.29, 1.82) is 0 Å². The summed E-state index contributed by atoms with van der Waals surface area (Å²) < 4.78 is 0. The van der Waals surface area contributed by atoms with Gasteiger partial charge in [0, 0.05) is 22.4 Å². The Morgan fingerprint density at radius 2 is 0.871 bits per heavy atom. The maximum atomic E-state index is 2.52. The lowest BCUT2D eigenvalue weighted by atomic mass is 9.81. The van der Waals surface area contributed by atoms with Crippen molar-refractivity contribution in [2.75, 3.05) is 4.90 Å². The first-order chi connectivity index (χ1) is 30.5. The van der Waals surface area contributed by atoms with Crippen molar-refractivity contribution in [2.24, 2.45) is 0 Å². The van der Waals surface area contributed by atoms with E-state index in [1.54, 1.807) is 0 Å². The highest BCUT2D eigenvalue weighted by Gasteiger charge is 2.35. The SMILES string of the molecule is CC1(C)c2ccccc2-c2ccc(-c3cccc(N(c4cc(-c5ccccc5)c5ccccc5c4)c4ccc5c6ccccc6c6ccccc6c5c4)c3-c3ccccc3)cc21. The zero-order valence-electron chi connectivity index (χ0n) is 34.8. The Morgan fingerprint density at radius 3 is 1.60 bits per heavy atom. The lowest BCUT2D eigenvalue weighted by molar-refractivity contribution is 0.660. The molecule has 0 radical (unpaired) electrons. The van der Waals surface area contributed by atoms with Gasteiger partial charge in [0.15, 0.2) is 0 Å². The molecule has 0 amide bonds. The average molecular weight is 790 g/mol. The van der Waals surface area contributed by atoms with E-state index in [0.29, 0.717) is 0 Å². The van der Waals surface area contributed by atoms with Crippen LogP contribution < -0.4 is 4.90 Å². The first-order valence-electron chi connectivity index (χ1n) is 21.7. The minimum Gasteiger partial charge on any atom is -0.310 e. The molecule has 0 heterocycles. The number of nitrogens with zero attached hydrogens (tertiary/aromatic N) is 1. The van der Waals surface area contributed by atoms with Gasteiger partial charge in [-0.1, -0.05) is 202 Å². The average Bonchev–Trinajstić information content (AvgIpc) is 3.57. The Labute approximate surface area is 362 Å². The van der Waals surface area contributed by atoms with Crippen molar-refractivity contribution < 1.29 is 0 Å². The van der Waals surface area contributed by atoms with Crippen LogP contribution in [0.5, 0.6) is 0 Å². The molecule has 0 aliphatic heterocycles. The van der Waals surface area contributed by atoms with Crippen molar-refractivity contribution in [1.82, 2.24) is 0 Å². The second-order valence-electron chi connectivity index (χ2n) is 17.2. The second-order valence-corrected chi connectivity index (χ2v) is 17.2. The van der Waals surface area contributed by atoms with Crippen LogP contribution in [0, 0.1) is 0 Å². The van der Waals surface area contributed by atoms with Crippen LogP contribution in [0.25, 0.3) is 87.6 Å². The van der Waals surface area contributed by atoms with E-state index in [1.165, 1.54) is 98.7 Å². The number of rotatable bonds is 6. The molecule has 0 fully saturated rings. The number of fused-ring (bicyclic) bond motifs is 10. The van der Waals surface area contributed by atoms with Crippen LogP contribution in [0.3, 0.4) is 0 Å². The van der Waals surface area contributed by atoms with Crippen molar-refractivity contribution in [3.63, 3.8) is 0 Å². The van der Waals surface area contributed by atoms with Crippen molar-refractivity contribution in [3.05, 3.63) is 236 Å². The number of anilines is 3. The van der Waals surface area contributed by atoms with E-state index in [9.17, 15) is 0 Å². The summed E-state index contributed by atoms with van der Waals surface area (Å²) in [5, 5.41) is 10.00. The zero-order valence-corrected chi connectivity index (χ0v) is 34.8. The first-order valence-corrected chi connectivity index (χ1v) is 21.7. The van der Waals surface area contributed by atoms with E-state index in [4.69, 9.17) is 0 Å². The highest BCUT2D eigenvalue weighted by molar-refractivity contribution is 6.26. The van der Waals surface area contributed by atoms with Gasteiger partial charge in [-0.2, -0.15) is 0 Å². The van der Waals surface area contributed by atoms with Gasteiger partial charge in [-0.05, 0) is 130 Å². The number of benzene rings is 11. The molecule has 0 unspecified atom stereocenters. The zero-order chi connectivity index (χ0) is 41.4. The summed E-state index contributed by atoms with van der Waals surface area (Å²) in [6.45, 7) is 4.74. The van der Waals surface area contributed by atoms with Gasteiger partial charge >= 0.3 is 0 Å². The summed E-state index contributed by atoms with van der Waals surface area (Å²) >= 11 is 0. The predicted molar refractivity (Wildman–Crippen MR) is 265 cm³/mol. The lowest BCUT2D eigenvalue weighted by Crippen LogP contribution is -2.15. The third kappa shape index (κ3) is 5.62. The van der Waals surface area contributed by atoms with Crippen LogP contribution >= 0.6 is 0 Å². The molecule has 292 valence electrons. The van der Waals surface area contributed by atoms with E-state index in [1.807, 2.05) is 0 Å². The van der Waals surface area contributed by atoms with E-state index < -0.39 is 0 Å². The standard InChI is InChI=1S/C61H43N/c1-61(2)57-30-16-15-28-53(57)54-34-32-43(37-58(54)61)47-29-17-31-59(60(47)41-20-7-4-8-21-41)62(45-36-42-22-9-10-23-46(42)55(39-45)40-18-5-3-6-19-40)44-33-35-52-50-26-12-11-24-48(50)49-25-13-14-27-51(49)56(52)38-44/h3-39H,1-2H3. The molecule has 12 rings (SSSR count). The van der Waals surface area contributed by atoms with E-state index >= 15 is 0 Å². The molecule has 0 spiro atoms. The summed E-state index contributed by atoms with van der Waals surface area (Å²) in [6, 6.07) is 83.2. The molecule has 0 saturated carbocycles. The molecule has 0 N–H and O–H groups in total. The molecule has 1 aliphatic rings. The topological polar surface area (TPSA) is 3.24 Å². The van der Waals surface area contributed by atoms with Gasteiger partial charge in [-0.25, -0.2) is 0 Å². The van der Waals surface area contributed by atoms with Gasteiger partial charge in [-0.3, -0.25) is 0 Å². The van der Waals surface area contributed by atoms with Crippen LogP contribution in [0.15, 0.2) is 224 Å². The van der Waals surface area contributed by atoms with Crippen LogP contribution in [0.1, 0.15) is 25.0 Å². The second kappa shape index (κ2) is 14.2. The minimum atomic E-state index is -0.116. The van der Waals surface area contributed by atoms with Gasteiger partial charge in [-0.15, -0.1) is 0 Å². The quantitative estimate of drug-likeness (QED) is 0.152. The van der Waals surface area contributed by atoms with Crippen LogP contribution in [-0.4, -0.2) is 0 Å². The van der Waals surface area contributed by atoms with Crippen LogP contribution in [0.4, 0.5) is 17.1 Å². The van der Waals surface area contributed by atoms with E-state index in [-0.39, 0.29) is 5.41 Å². The Bertz CT molecular complexity index is 3510. The molecule has 0 saturated heterocycles. The van der Waals surface area contributed by atoms with Gasteiger partial charge in [0.1, 0.15) is 0 Å². The summed E-state index contributed by atoms with van der Waals surface area (Å²) in [5.41, 5.74) is 15.8. The fourth-order valence-electron chi connectivity index (χ4n) is 10.5. The van der Waals surface area contributed by atoms with E-state index in [2.05, 4.69) is 243 Å². The molecule has 11 aromatic rings. The third-order valence-electron chi connectivity index (χ3n) is 13.4. The summed E-state index contributed by atoms with van der Waals surface area (Å²) in [7, 11) is 0. The molecule has 11 aromatic carbocycles. The maximum absolute atomic E-state index is 2.52. The van der Waals surface area contributed by atoms with Gasteiger partial charge in [0.05, 0.1) is 5.69 Å². The molecular formula is C61H43N. The monoisotopic (exact) mass is 789 g/mol. The largest absolute Gasteiger partial charge is 0.310 e. The molecule has 0 aromatic heterocycles. The fraction of sp³-hybridized carbons (Fsp3) is 0.0492. The Kier molecular flexibility index (Phi) is 8.27. The minimum absolute atomic E-state index is 0.116. The number of hydrogen-bond acceptors (Lipinski definition) is 1. The first kappa shape index (κ1) is 36.1. The summed E-state index contributed by atoms with van der Waals surface area (Å²) in [5.74, 6) is 0. The molecule has 1 aliphatic carbocycles. The van der Waals surface area contributed by atoms with Crippen LogP contribution in [-0.2, 0) is 5.41 Å². The van der Waals surface area contributed by atoms with Crippen molar-refractivity contribution in [3.8, 4) is 44.5 Å². The van der Waals surface area contributed by atoms with Crippen molar-refractivity contribution >= 4 is 60.2 Å². The maximum Gasteiger partial charge on any atom is 0.0546 e. The predicted octanol–water partition coefficient (Wildman–Crippen LogP) is 17.1. The van der Waals surface area contributed by atoms with E-state index in [0.717, 1.165) is 17.1 Å². The third-order valence-corrected chi connectivity index (χ3v) is 13.4. The van der Waals surface area contributed by atoms with Crippen molar-refractivity contribution in [2.45, 2.75) is 19.3 Å². The Hall–Kier alpha value is -7.74. The Morgan fingerprint density at radius 1 is 0.306 bits per heavy atom. The molecular weight excluding hydrogens is 747 g/mol. The molecule has 1 heteroatoms. The molecule has 1 nitrogen and oxygen atoms in total. The Balaban J connectivity index is 1.17. The molecule has 62 heavy (non-hydrogen) atoms. The highest BCUT2D eigenvalue weighted by atomic mass is 15.1. The molecule has 0 atom stereocenters. The lowest BCUT2D eigenvalue weighted by Gasteiger charge is -2.31. The van der Waals surface area contributed by atoms with Gasteiger partial charge in [0.2, 0.25) is 0 Å². The highest BCUT2D eigenvalue weighted by Crippen LogP contribution is 2.52. The summed E-state index contributed by atoms with van der Waals surface area (Å²) in [6.07, 6.45) is 0. The summed E-state index contributed by atoms with van der Waals surface area (Å²) in [4.78, 5) is 2.52. The number of hydrogen-bond donors (Lipinski definition) is 0. The smallest absolute Gasteiger partial charge is 0.0546 e. The van der Waals surface area contributed by atoms with Gasteiger partial charge < -0.3 is 4.90 Å². The normalized spacial score (nSPS) is 12.8. The fourth-order valence-corrected chi connectivity index (χ4v) is 10.5.